The summed E-state index contributed by atoms with van der Waals surface area (Å²) < 4.78 is 7.08. The molecule has 1 atom stereocenters. The van der Waals surface area contributed by atoms with Crippen molar-refractivity contribution in [1.82, 2.24) is 3.71 Å². The van der Waals surface area contributed by atoms with Crippen molar-refractivity contribution in [3.05, 3.63) is 29.8 Å². The van der Waals surface area contributed by atoms with E-state index in [1.54, 1.807) is 12.1 Å². The second-order valence-electron chi connectivity index (χ2n) is 2.89. The minimum atomic E-state index is -0.0396. The van der Waals surface area contributed by atoms with Gasteiger partial charge in [-0.15, -0.1) is 0 Å². The minimum absolute atomic E-state index is 0.0396. The number of alkyl halides is 2. The molecule has 1 unspecified atom stereocenters. The number of nitrogens with zero attached hydrogens (tertiary/aromatic N) is 1. The van der Waals surface area contributed by atoms with Gasteiger partial charge >= 0.3 is 0 Å². The molecule has 2 rings (SSSR count). The van der Waals surface area contributed by atoms with E-state index in [-0.39, 0.29) is 10.1 Å². The van der Waals surface area contributed by atoms with Gasteiger partial charge in [-0.05, 0) is 24.1 Å². The van der Waals surface area contributed by atoms with Gasteiger partial charge in [-0.1, -0.05) is 44.0 Å². The van der Waals surface area contributed by atoms with Crippen LogP contribution < -0.4 is 4.18 Å². The van der Waals surface area contributed by atoms with E-state index in [0.29, 0.717) is 11.3 Å². The lowest BCUT2D eigenvalue weighted by Gasteiger charge is -2.25. The third kappa shape index (κ3) is 2.69. The van der Waals surface area contributed by atoms with Crippen LogP contribution in [0.4, 0.5) is 0 Å². The molecule has 0 aromatic heterocycles. The van der Waals surface area contributed by atoms with Crippen molar-refractivity contribution in [3.8, 4) is 5.75 Å². The van der Waals surface area contributed by atoms with Crippen molar-refractivity contribution in [2.24, 2.45) is 0 Å². The SMILES string of the molecule is O=C1c2ccccc2OSN1SC(Br)CBr. The number of carbonyl (C=O) groups excluding carboxylic acids is 1. The molecule has 0 N–H and O–H groups in total. The van der Waals surface area contributed by atoms with E-state index in [4.69, 9.17) is 4.18 Å². The Morgan fingerprint density at radius 2 is 2.25 bits per heavy atom. The van der Waals surface area contributed by atoms with Crippen molar-refractivity contribution in [3.63, 3.8) is 0 Å². The molecule has 7 heteroatoms. The fraction of sp³-hybridized carbons (Fsp3) is 0.222. The molecule has 1 aromatic carbocycles. The summed E-state index contributed by atoms with van der Waals surface area (Å²) in [6.07, 6.45) is 0. The molecule has 3 nitrogen and oxygen atoms in total. The molecule has 1 heterocycles. The van der Waals surface area contributed by atoms with Gasteiger partial charge in [-0.3, -0.25) is 4.79 Å². The van der Waals surface area contributed by atoms with Gasteiger partial charge in [0.25, 0.3) is 5.91 Å². The van der Waals surface area contributed by atoms with Crippen molar-refractivity contribution >= 4 is 61.9 Å². The van der Waals surface area contributed by atoms with E-state index >= 15 is 0 Å². The zero-order chi connectivity index (χ0) is 11.5. The Labute approximate surface area is 119 Å². The Morgan fingerprint density at radius 1 is 1.50 bits per heavy atom. The maximum atomic E-state index is 12.0. The van der Waals surface area contributed by atoms with Gasteiger partial charge in [0.2, 0.25) is 0 Å². The summed E-state index contributed by atoms with van der Waals surface area (Å²) in [7, 11) is 0. The Morgan fingerprint density at radius 3 is 3.00 bits per heavy atom. The first kappa shape index (κ1) is 12.6. The van der Waals surface area contributed by atoms with Crippen LogP contribution in [0.15, 0.2) is 24.3 Å². The molecule has 0 bridgehead atoms. The van der Waals surface area contributed by atoms with Crippen LogP contribution in [0.25, 0.3) is 0 Å². The Hall–Kier alpha value is 0.150. The number of amides is 1. The van der Waals surface area contributed by atoms with E-state index in [0.717, 1.165) is 17.6 Å². The zero-order valence-electron chi connectivity index (χ0n) is 7.93. The van der Waals surface area contributed by atoms with Crippen LogP contribution >= 0.6 is 56.0 Å². The van der Waals surface area contributed by atoms with Crippen molar-refractivity contribution in [1.29, 1.82) is 0 Å². The van der Waals surface area contributed by atoms with Crippen LogP contribution in [0.1, 0.15) is 10.4 Å². The van der Waals surface area contributed by atoms with Gasteiger partial charge in [0, 0.05) is 5.33 Å². The summed E-state index contributed by atoms with van der Waals surface area (Å²) in [6, 6.07) is 7.23. The minimum Gasteiger partial charge on any atom is -0.404 e. The third-order valence-corrected chi connectivity index (χ3v) is 6.33. The molecular formula is C9H7Br2NO2S2. The Balaban J connectivity index is 2.15. The van der Waals surface area contributed by atoms with Gasteiger partial charge in [0.15, 0.2) is 18.0 Å². The second kappa shape index (κ2) is 5.66. The summed E-state index contributed by atoms with van der Waals surface area (Å²) in [5.74, 6) is 0.585. The standard InChI is InChI=1S/C9H7Br2NO2S2/c10-5-8(11)15-12-9(13)6-3-1-2-4-7(6)14-16-12/h1-4,8H,5H2. The first-order valence-corrected chi connectivity index (χ1v) is 7.94. The van der Waals surface area contributed by atoms with E-state index in [1.807, 2.05) is 12.1 Å². The number of halogens is 2. The number of benzene rings is 1. The molecule has 0 radical (unpaired) electrons. The summed E-state index contributed by atoms with van der Waals surface area (Å²) >= 11 is 9.21. The predicted molar refractivity (Wildman–Crippen MR) is 74.9 cm³/mol. The third-order valence-electron chi connectivity index (χ3n) is 1.81. The zero-order valence-corrected chi connectivity index (χ0v) is 12.7. The van der Waals surface area contributed by atoms with Gasteiger partial charge in [0.1, 0.15) is 0 Å². The normalized spacial score (nSPS) is 16.6. The molecule has 0 aliphatic carbocycles. The number of carbonyl (C=O) groups is 1. The largest absolute Gasteiger partial charge is 0.404 e. The lowest BCUT2D eigenvalue weighted by Crippen LogP contribution is -2.25. The van der Waals surface area contributed by atoms with E-state index < -0.39 is 0 Å². The second-order valence-corrected chi connectivity index (χ2v) is 7.30. The molecule has 86 valence electrons. The van der Waals surface area contributed by atoms with Crippen molar-refractivity contribution in [2.75, 3.05) is 5.33 Å². The number of rotatable bonds is 3. The quantitative estimate of drug-likeness (QED) is 0.449. The molecule has 1 aliphatic heterocycles. The summed E-state index contributed by atoms with van der Waals surface area (Å²) in [5.41, 5.74) is 0.600. The van der Waals surface area contributed by atoms with Crippen LogP contribution in [0, 0.1) is 0 Å². The average Bonchev–Trinajstić information content (AvgIpc) is 2.33. The smallest absolute Gasteiger partial charge is 0.280 e. The fourth-order valence-electron chi connectivity index (χ4n) is 1.12. The number of para-hydroxylation sites is 1. The first-order chi connectivity index (χ1) is 7.72. The predicted octanol–water partition coefficient (Wildman–Crippen LogP) is 3.85. The van der Waals surface area contributed by atoms with Gasteiger partial charge in [-0.25, -0.2) is 0 Å². The Kier molecular flexibility index (Phi) is 4.46. The number of fused-ring (bicyclic) bond motifs is 1. The lowest BCUT2D eigenvalue weighted by molar-refractivity contribution is 0.0923. The van der Waals surface area contributed by atoms with Crippen molar-refractivity contribution < 1.29 is 8.98 Å². The molecule has 0 saturated carbocycles. The van der Waals surface area contributed by atoms with Crippen LogP contribution in [0.5, 0.6) is 5.75 Å². The highest BCUT2D eigenvalue weighted by atomic mass is 79.9. The fourth-order valence-corrected chi connectivity index (χ4v) is 3.77. The maximum Gasteiger partial charge on any atom is 0.280 e. The number of hydrogen-bond donors (Lipinski definition) is 0. The first-order valence-electron chi connectivity index (χ1n) is 4.37. The maximum absolute atomic E-state index is 12.0. The molecule has 1 amide bonds. The van der Waals surface area contributed by atoms with E-state index in [2.05, 4.69) is 31.9 Å². The summed E-state index contributed by atoms with van der Waals surface area (Å²) in [5, 5.41) is 0.754. The van der Waals surface area contributed by atoms with Gasteiger partial charge < -0.3 is 4.18 Å². The highest BCUT2D eigenvalue weighted by Crippen LogP contribution is 2.39. The van der Waals surface area contributed by atoms with E-state index in [1.165, 1.54) is 15.7 Å². The molecular weight excluding hydrogens is 378 g/mol. The monoisotopic (exact) mass is 383 g/mol. The Bertz CT molecular complexity index is 405. The molecule has 0 fully saturated rings. The van der Waals surface area contributed by atoms with Crippen LogP contribution in [-0.4, -0.2) is 19.1 Å². The highest BCUT2D eigenvalue weighted by molar-refractivity contribution is 9.13. The van der Waals surface area contributed by atoms with Crippen LogP contribution in [0.3, 0.4) is 0 Å². The molecule has 0 saturated heterocycles. The molecule has 16 heavy (non-hydrogen) atoms. The molecule has 1 aliphatic rings. The van der Waals surface area contributed by atoms with Crippen molar-refractivity contribution in [2.45, 2.75) is 4.16 Å². The molecule has 1 aromatic rings. The number of hydrogen-bond acceptors (Lipinski definition) is 4. The van der Waals surface area contributed by atoms with Gasteiger partial charge in [0.05, 0.1) is 9.72 Å². The van der Waals surface area contributed by atoms with Crippen LogP contribution in [-0.2, 0) is 0 Å². The van der Waals surface area contributed by atoms with E-state index in [9.17, 15) is 4.79 Å². The topological polar surface area (TPSA) is 29.5 Å². The average molecular weight is 385 g/mol. The summed E-state index contributed by atoms with van der Waals surface area (Å²) in [4.78, 5) is 12.0. The molecule has 0 spiro atoms. The highest BCUT2D eigenvalue weighted by Gasteiger charge is 2.29. The lowest BCUT2D eigenvalue weighted by atomic mass is 10.2. The van der Waals surface area contributed by atoms with Gasteiger partial charge in [-0.2, -0.15) is 3.71 Å². The van der Waals surface area contributed by atoms with Crippen LogP contribution in [0.2, 0.25) is 0 Å². The summed E-state index contributed by atoms with van der Waals surface area (Å²) in [6.45, 7) is 0.